The summed E-state index contributed by atoms with van der Waals surface area (Å²) in [5, 5.41) is 6.12. The maximum absolute atomic E-state index is 10.5. The predicted molar refractivity (Wildman–Crippen MR) is 70.5 cm³/mol. The van der Waals surface area contributed by atoms with Crippen molar-refractivity contribution in [3.05, 3.63) is 5.28 Å². The SMILES string of the molecule is CCNc1nc(Cl)nc(NCCCCC(N)=O)n1. The zero-order valence-electron chi connectivity index (χ0n) is 10.2. The molecule has 0 aliphatic heterocycles. The van der Waals surface area contributed by atoms with Crippen LogP contribution in [-0.4, -0.2) is 33.9 Å². The van der Waals surface area contributed by atoms with Gasteiger partial charge >= 0.3 is 0 Å². The van der Waals surface area contributed by atoms with Gasteiger partial charge in [-0.05, 0) is 31.4 Å². The normalized spacial score (nSPS) is 10.1. The van der Waals surface area contributed by atoms with Crippen LogP contribution in [0, 0.1) is 0 Å². The van der Waals surface area contributed by atoms with E-state index in [1.54, 1.807) is 0 Å². The molecule has 0 aliphatic carbocycles. The monoisotopic (exact) mass is 272 g/mol. The molecule has 0 aromatic carbocycles. The number of hydrogen-bond acceptors (Lipinski definition) is 6. The summed E-state index contributed by atoms with van der Waals surface area (Å²) in [6.07, 6.45) is 1.94. The molecule has 0 fully saturated rings. The average Bonchev–Trinajstić information content (AvgIpc) is 2.28. The number of primary amides is 1. The maximum atomic E-state index is 10.5. The van der Waals surface area contributed by atoms with E-state index in [1.165, 1.54) is 0 Å². The summed E-state index contributed by atoms with van der Waals surface area (Å²) in [6, 6.07) is 0. The third-order valence-corrected chi connectivity index (χ3v) is 2.25. The van der Waals surface area contributed by atoms with Gasteiger partial charge in [0, 0.05) is 19.5 Å². The Morgan fingerprint density at radius 1 is 1.22 bits per heavy atom. The average molecular weight is 273 g/mol. The largest absolute Gasteiger partial charge is 0.370 e. The third-order valence-electron chi connectivity index (χ3n) is 2.08. The number of amides is 1. The molecule has 0 aliphatic rings. The van der Waals surface area contributed by atoms with Crippen molar-refractivity contribution in [2.45, 2.75) is 26.2 Å². The molecule has 1 aromatic rings. The van der Waals surface area contributed by atoms with E-state index in [0.717, 1.165) is 12.8 Å². The van der Waals surface area contributed by atoms with E-state index in [1.807, 2.05) is 6.92 Å². The number of unbranched alkanes of at least 4 members (excludes halogenated alkanes) is 1. The van der Waals surface area contributed by atoms with Crippen LogP contribution >= 0.6 is 11.6 Å². The lowest BCUT2D eigenvalue weighted by Crippen LogP contribution is -2.12. The summed E-state index contributed by atoms with van der Waals surface area (Å²) >= 11 is 5.76. The number of anilines is 2. The Kier molecular flexibility index (Phi) is 6.13. The van der Waals surface area contributed by atoms with Crippen LogP contribution in [0.2, 0.25) is 5.28 Å². The minimum Gasteiger partial charge on any atom is -0.370 e. The molecule has 0 saturated carbocycles. The number of halogens is 1. The highest BCUT2D eigenvalue weighted by molar-refractivity contribution is 6.28. The Bertz CT molecular complexity index is 400. The van der Waals surface area contributed by atoms with Crippen molar-refractivity contribution < 1.29 is 4.79 Å². The van der Waals surface area contributed by atoms with Crippen molar-refractivity contribution in [1.29, 1.82) is 0 Å². The van der Waals surface area contributed by atoms with Gasteiger partial charge in [0.1, 0.15) is 0 Å². The Hall–Kier alpha value is -1.63. The summed E-state index contributed by atoms with van der Waals surface area (Å²) in [5.74, 6) is 0.579. The van der Waals surface area contributed by atoms with Gasteiger partial charge in [-0.25, -0.2) is 0 Å². The van der Waals surface area contributed by atoms with Crippen LogP contribution in [0.25, 0.3) is 0 Å². The molecular formula is C10H17ClN6O. The van der Waals surface area contributed by atoms with Crippen molar-refractivity contribution in [2.24, 2.45) is 5.73 Å². The van der Waals surface area contributed by atoms with Crippen LogP contribution in [0.4, 0.5) is 11.9 Å². The molecule has 1 rings (SSSR count). The van der Waals surface area contributed by atoms with Gasteiger partial charge < -0.3 is 16.4 Å². The number of nitrogens with two attached hydrogens (primary N) is 1. The van der Waals surface area contributed by atoms with Crippen LogP contribution in [0.3, 0.4) is 0 Å². The van der Waals surface area contributed by atoms with Gasteiger partial charge in [0.05, 0.1) is 0 Å². The second-order valence-corrected chi connectivity index (χ2v) is 3.97. The van der Waals surface area contributed by atoms with Gasteiger partial charge in [-0.15, -0.1) is 0 Å². The van der Waals surface area contributed by atoms with Crippen molar-refractivity contribution in [3.8, 4) is 0 Å². The number of hydrogen-bond donors (Lipinski definition) is 3. The summed E-state index contributed by atoms with van der Waals surface area (Å²) in [7, 11) is 0. The second-order valence-electron chi connectivity index (χ2n) is 3.63. The lowest BCUT2D eigenvalue weighted by molar-refractivity contribution is -0.118. The Morgan fingerprint density at radius 2 is 1.89 bits per heavy atom. The van der Waals surface area contributed by atoms with Gasteiger partial charge in [0.2, 0.25) is 23.1 Å². The molecule has 8 heteroatoms. The first-order chi connectivity index (χ1) is 8.61. The standard InChI is InChI=1S/C10H17ClN6O/c1-2-13-9-15-8(11)16-10(17-9)14-6-4-3-5-7(12)18/h2-6H2,1H3,(H2,12,18)(H2,13,14,15,16,17). The highest BCUT2D eigenvalue weighted by Crippen LogP contribution is 2.09. The molecule has 100 valence electrons. The number of carbonyl (C=O) groups is 1. The molecule has 0 unspecified atom stereocenters. The van der Waals surface area contributed by atoms with Crippen molar-refractivity contribution >= 4 is 29.4 Å². The molecular weight excluding hydrogens is 256 g/mol. The van der Waals surface area contributed by atoms with Gasteiger partial charge in [0.15, 0.2) is 0 Å². The number of rotatable bonds is 8. The van der Waals surface area contributed by atoms with Crippen LogP contribution in [0.5, 0.6) is 0 Å². The minimum absolute atomic E-state index is 0.139. The fraction of sp³-hybridized carbons (Fsp3) is 0.600. The summed E-state index contributed by atoms with van der Waals surface area (Å²) in [4.78, 5) is 22.5. The number of carbonyl (C=O) groups excluding carboxylic acids is 1. The molecule has 1 aromatic heterocycles. The van der Waals surface area contributed by atoms with E-state index >= 15 is 0 Å². The second kappa shape index (κ2) is 7.65. The molecule has 0 spiro atoms. The molecule has 4 N–H and O–H groups in total. The quantitative estimate of drug-likeness (QED) is 0.610. The first-order valence-electron chi connectivity index (χ1n) is 5.79. The molecule has 1 heterocycles. The van der Waals surface area contributed by atoms with E-state index < -0.39 is 0 Å². The Labute approximate surface area is 111 Å². The molecule has 7 nitrogen and oxygen atoms in total. The zero-order chi connectivity index (χ0) is 13.4. The minimum atomic E-state index is -0.285. The van der Waals surface area contributed by atoms with Crippen molar-refractivity contribution in [3.63, 3.8) is 0 Å². The smallest absolute Gasteiger partial charge is 0.228 e. The molecule has 0 atom stereocenters. The first-order valence-corrected chi connectivity index (χ1v) is 6.17. The maximum Gasteiger partial charge on any atom is 0.228 e. The van der Waals surface area contributed by atoms with E-state index in [2.05, 4.69) is 25.6 Å². The fourth-order valence-corrected chi connectivity index (χ4v) is 1.45. The van der Waals surface area contributed by atoms with Crippen molar-refractivity contribution in [1.82, 2.24) is 15.0 Å². The molecule has 1 amide bonds. The fourth-order valence-electron chi connectivity index (χ4n) is 1.29. The van der Waals surface area contributed by atoms with Gasteiger partial charge in [-0.2, -0.15) is 15.0 Å². The summed E-state index contributed by atoms with van der Waals surface area (Å²) in [6.45, 7) is 3.30. The van der Waals surface area contributed by atoms with E-state index in [0.29, 0.717) is 31.4 Å². The lowest BCUT2D eigenvalue weighted by atomic mass is 10.2. The van der Waals surface area contributed by atoms with Crippen LogP contribution < -0.4 is 16.4 Å². The molecule has 0 saturated heterocycles. The summed E-state index contributed by atoms with van der Waals surface area (Å²) in [5.41, 5.74) is 5.04. The van der Waals surface area contributed by atoms with Gasteiger partial charge in [-0.1, -0.05) is 0 Å². The van der Waals surface area contributed by atoms with Gasteiger partial charge in [-0.3, -0.25) is 4.79 Å². The van der Waals surface area contributed by atoms with Crippen LogP contribution in [0.1, 0.15) is 26.2 Å². The number of nitrogens with zero attached hydrogens (tertiary/aromatic N) is 3. The van der Waals surface area contributed by atoms with E-state index in [4.69, 9.17) is 17.3 Å². The van der Waals surface area contributed by atoms with Crippen molar-refractivity contribution in [2.75, 3.05) is 23.7 Å². The Morgan fingerprint density at radius 3 is 2.50 bits per heavy atom. The zero-order valence-corrected chi connectivity index (χ0v) is 11.0. The highest BCUT2D eigenvalue weighted by atomic mass is 35.5. The van der Waals surface area contributed by atoms with Crippen LogP contribution in [0.15, 0.2) is 0 Å². The van der Waals surface area contributed by atoms with Gasteiger partial charge in [0.25, 0.3) is 0 Å². The Balaban J connectivity index is 2.39. The number of nitrogens with one attached hydrogen (secondary N) is 2. The molecule has 18 heavy (non-hydrogen) atoms. The number of aromatic nitrogens is 3. The van der Waals surface area contributed by atoms with E-state index in [9.17, 15) is 4.79 Å². The topological polar surface area (TPSA) is 106 Å². The third kappa shape index (κ3) is 5.62. The predicted octanol–water partition coefficient (Wildman–Crippen LogP) is 1.02. The lowest BCUT2D eigenvalue weighted by Gasteiger charge is -2.06. The van der Waals surface area contributed by atoms with E-state index in [-0.39, 0.29) is 11.2 Å². The highest BCUT2D eigenvalue weighted by Gasteiger charge is 2.03. The molecule has 0 radical (unpaired) electrons. The van der Waals surface area contributed by atoms with Crippen LogP contribution in [-0.2, 0) is 4.79 Å². The summed E-state index contributed by atoms with van der Waals surface area (Å²) < 4.78 is 0. The molecule has 0 bridgehead atoms. The first kappa shape index (κ1) is 14.4.